The van der Waals surface area contributed by atoms with E-state index in [1.54, 1.807) is 0 Å². The average Bonchev–Trinajstić information content (AvgIpc) is 3.40. The molecule has 0 aliphatic heterocycles. The summed E-state index contributed by atoms with van der Waals surface area (Å²) in [5.74, 6) is -0.382. The summed E-state index contributed by atoms with van der Waals surface area (Å²) in [6.07, 6.45) is 83.0. The summed E-state index contributed by atoms with van der Waals surface area (Å²) < 4.78 is 17.6. The molecule has 0 amide bonds. The van der Waals surface area contributed by atoms with E-state index in [-0.39, 0.29) is 25.2 Å². The Morgan fingerprint density at radius 3 is 0.946 bits per heavy atom. The Kier molecular flexibility index (Phi) is 63.3. The van der Waals surface area contributed by atoms with E-state index >= 15 is 0 Å². The molecule has 0 saturated carbocycles. The molecule has 0 N–H and O–H groups in total. The fourth-order valence-corrected chi connectivity index (χ4v) is 9.87. The van der Waals surface area contributed by atoms with E-state index < -0.39 is 6.10 Å². The molecule has 1 atom stereocenters. The van der Waals surface area contributed by atoms with Gasteiger partial charge in [0.15, 0.2) is 6.10 Å². The van der Waals surface area contributed by atoms with E-state index in [2.05, 4.69) is 69.4 Å². The topological polar surface area (TPSA) is 61.8 Å². The molecule has 0 bridgehead atoms. The number of ether oxygens (including phenoxy) is 3. The first kappa shape index (κ1) is 71.9. The lowest BCUT2D eigenvalue weighted by molar-refractivity contribution is -0.163. The van der Waals surface area contributed by atoms with Crippen LogP contribution in [-0.4, -0.2) is 37.9 Å². The van der Waals surface area contributed by atoms with Gasteiger partial charge >= 0.3 is 11.9 Å². The van der Waals surface area contributed by atoms with Crippen molar-refractivity contribution in [1.29, 1.82) is 0 Å². The van der Waals surface area contributed by atoms with Crippen LogP contribution >= 0.6 is 0 Å². The van der Waals surface area contributed by atoms with Crippen LogP contribution in [0.25, 0.3) is 0 Å². The van der Waals surface area contributed by atoms with Crippen molar-refractivity contribution in [3.05, 3.63) is 48.6 Å². The maximum atomic E-state index is 12.9. The molecule has 0 aromatic rings. The van der Waals surface area contributed by atoms with Crippen LogP contribution in [0, 0.1) is 0 Å². The Morgan fingerprint density at radius 1 is 0.297 bits per heavy atom. The maximum Gasteiger partial charge on any atom is 0.306 e. The fraction of sp³-hybridized carbons (Fsp3) is 0.855. The molecule has 0 aliphatic rings. The lowest BCUT2D eigenvalue weighted by Crippen LogP contribution is -2.30. The van der Waals surface area contributed by atoms with Crippen molar-refractivity contribution >= 4 is 11.9 Å². The van der Waals surface area contributed by atoms with Crippen molar-refractivity contribution in [3.8, 4) is 0 Å². The Morgan fingerprint density at radius 2 is 0.568 bits per heavy atom. The van der Waals surface area contributed by atoms with Crippen molar-refractivity contribution in [2.45, 2.75) is 361 Å². The van der Waals surface area contributed by atoms with Gasteiger partial charge in [0.05, 0.1) is 6.61 Å². The molecule has 5 heteroatoms. The first-order valence-corrected chi connectivity index (χ1v) is 33.2. The minimum absolute atomic E-state index is 0.0847. The summed E-state index contributed by atoms with van der Waals surface area (Å²) in [4.78, 5) is 25.7. The van der Waals surface area contributed by atoms with Gasteiger partial charge in [0.2, 0.25) is 0 Å². The molecule has 0 aromatic heterocycles. The van der Waals surface area contributed by atoms with Crippen molar-refractivity contribution in [3.63, 3.8) is 0 Å². The van der Waals surface area contributed by atoms with Crippen LogP contribution in [0.3, 0.4) is 0 Å². The number of carbonyl (C=O) groups is 2. The SMILES string of the molecule is CCCCC/C=C\C/C=C\C/C=C\CCCCCCCCCOCC(COC(=O)CCCCCCCCCCC/C=C\CCCCCCCC)OC(=O)CCCCCCCCCCCCCCCCCCCCC. The van der Waals surface area contributed by atoms with Crippen LogP contribution in [0.4, 0.5) is 0 Å². The number of unbranched alkanes of at least 4 members (excludes halogenated alkanes) is 43. The molecular weight excluding hydrogens is 909 g/mol. The second-order valence-corrected chi connectivity index (χ2v) is 22.4. The van der Waals surface area contributed by atoms with E-state index in [0.717, 1.165) is 51.4 Å². The molecule has 0 rings (SSSR count). The van der Waals surface area contributed by atoms with Crippen molar-refractivity contribution in [1.82, 2.24) is 0 Å². The first-order chi connectivity index (χ1) is 36.6. The van der Waals surface area contributed by atoms with E-state index in [9.17, 15) is 9.59 Å². The molecule has 0 spiro atoms. The summed E-state index contributed by atoms with van der Waals surface area (Å²) in [7, 11) is 0. The summed E-state index contributed by atoms with van der Waals surface area (Å²) in [6.45, 7) is 7.85. The molecule has 434 valence electrons. The van der Waals surface area contributed by atoms with E-state index in [1.807, 2.05) is 0 Å². The number of carbonyl (C=O) groups excluding carboxylic acids is 2. The molecule has 5 nitrogen and oxygen atoms in total. The van der Waals surface area contributed by atoms with Gasteiger partial charge in [-0.2, -0.15) is 0 Å². The third-order valence-corrected chi connectivity index (χ3v) is 14.8. The highest BCUT2D eigenvalue weighted by molar-refractivity contribution is 5.70. The first-order valence-electron chi connectivity index (χ1n) is 33.2. The van der Waals surface area contributed by atoms with Gasteiger partial charge in [-0.1, -0.05) is 307 Å². The van der Waals surface area contributed by atoms with Crippen LogP contribution in [-0.2, 0) is 23.8 Å². The fourth-order valence-electron chi connectivity index (χ4n) is 9.87. The van der Waals surface area contributed by atoms with Crippen LogP contribution in [0.15, 0.2) is 48.6 Å². The minimum atomic E-state index is -0.541. The zero-order valence-corrected chi connectivity index (χ0v) is 50.1. The predicted octanol–water partition coefficient (Wildman–Crippen LogP) is 23.0. The highest BCUT2D eigenvalue weighted by Crippen LogP contribution is 2.17. The van der Waals surface area contributed by atoms with Gasteiger partial charge in [-0.15, -0.1) is 0 Å². The van der Waals surface area contributed by atoms with E-state index in [1.165, 1.54) is 270 Å². The Labute approximate surface area is 462 Å². The lowest BCUT2D eigenvalue weighted by Gasteiger charge is -2.18. The number of hydrogen-bond acceptors (Lipinski definition) is 5. The largest absolute Gasteiger partial charge is 0.462 e. The summed E-state index contributed by atoms with van der Waals surface area (Å²) in [5, 5.41) is 0. The van der Waals surface area contributed by atoms with E-state index in [4.69, 9.17) is 14.2 Å². The summed E-state index contributed by atoms with van der Waals surface area (Å²) in [5.41, 5.74) is 0. The van der Waals surface area contributed by atoms with Gasteiger partial charge in [0.25, 0.3) is 0 Å². The van der Waals surface area contributed by atoms with Gasteiger partial charge in [0.1, 0.15) is 6.61 Å². The van der Waals surface area contributed by atoms with Crippen molar-refractivity contribution in [2.24, 2.45) is 0 Å². The molecule has 0 heterocycles. The zero-order chi connectivity index (χ0) is 53.4. The van der Waals surface area contributed by atoms with Gasteiger partial charge in [-0.25, -0.2) is 0 Å². The standard InChI is InChI=1S/C69H128O5/c1-4-7-10-13-16-19-22-25-28-31-34-37-40-43-46-49-52-55-58-61-64-72-65-67(74-69(71)63-60-57-54-51-48-45-42-39-36-33-30-27-24-21-18-15-12-9-6-3)66-73-68(70)62-59-56-53-50-47-44-41-38-35-32-29-26-23-20-17-14-11-8-5-2/h16,19,25-26,28-29,34,37,67H,4-15,17-18,20-24,27,30-33,35-36,38-66H2,1-3H3/b19-16-,28-25-,29-26-,37-34-. The molecule has 0 aromatic carbocycles. The highest BCUT2D eigenvalue weighted by Gasteiger charge is 2.18. The molecule has 1 unspecified atom stereocenters. The zero-order valence-electron chi connectivity index (χ0n) is 50.1. The van der Waals surface area contributed by atoms with Crippen LogP contribution in [0.5, 0.6) is 0 Å². The third-order valence-electron chi connectivity index (χ3n) is 14.8. The molecule has 0 aliphatic carbocycles. The minimum Gasteiger partial charge on any atom is -0.462 e. The second kappa shape index (κ2) is 65.1. The quantitative estimate of drug-likeness (QED) is 0.0345. The van der Waals surface area contributed by atoms with E-state index in [0.29, 0.717) is 19.4 Å². The van der Waals surface area contributed by atoms with Gasteiger partial charge < -0.3 is 14.2 Å². The highest BCUT2D eigenvalue weighted by atomic mass is 16.6. The van der Waals surface area contributed by atoms with Crippen LogP contribution in [0.1, 0.15) is 355 Å². The Bertz CT molecular complexity index is 1220. The molecule has 74 heavy (non-hydrogen) atoms. The summed E-state index contributed by atoms with van der Waals surface area (Å²) in [6, 6.07) is 0. The van der Waals surface area contributed by atoms with Crippen LogP contribution in [0.2, 0.25) is 0 Å². The maximum absolute atomic E-state index is 12.9. The Hall–Kier alpha value is -2.14. The van der Waals surface area contributed by atoms with Crippen molar-refractivity contribution in [2.75, 3.05) is 19.8 Å². The smallest absolute Gasteiger partial charge is 0.306 e. The number of esters is 2. The van der Waals surface area contributed by atoms with Gasteiger partial charge in [-0.3, -0.25) is 9.59 Å². The molecular formula is C69H128O5. The third kappa shape index (κ3) is 62.4. The number of rotatable bonds is 62. The summed E-state index contributed by atoms with van der Waals surface area (Å²) >= 11 is 0. The predicted molar refractivity (Wildman–Crippen MR) is 325 cm³/mol. The monoisotopic (exact) mass is 1040 g/mol. The lowest BCUT2D eigenvalue weighted by atomic mass is 10.0. The average molecular weight is 1040 g/mol. The molecule has 0 radical (unpaired) electrons. The molecule has 0 saturated heterocycles. The number of hydrogen-bond donors (Lipinski definition) is 0. The van der Waals surface area contributed by atoms with Crippen molar-refractivity contribution < 1.29 is 23.8 Å². The van der Waals surface area contributed by atoms with Crippen LogP contribution < -0.4 is 0 Å². The van der Waals surface area contributed by atoms with Gasteiger partial charge in [0, 0.05) is 19.4 Å². The second-order valence-electron chi connectivity index (χ2n) is 22.4. The normalized spacial score (nSPS) is 12.4. The van der Waals surface area contributed by atoms with Gasteiger partial charge in [-0.05, 0) is 83.5 Å². The Balaban J connectivity index is 4.26. The number of allylic oxidation sites excluding steroid dienone is 8. The molecule has 0 fully saturated rings.